The molecule has 6 atom stereocenters. The van der Waals surface area contributed by atoms with Crippen LogP contribution in [0.25, 0.3) is 0 Å². The number of carbonyl (C=O) groups is 1. The zero-order valence-corrected chi connectivity index (χ0v) is 17.5. The van der Waals surface area contributed by atoms with Crippen molar-refractivity contribution in [1.82, 2.24) is 5.32 Å². The summed E-state index contributed by atoms with van der Waals surface area (Å²) in [7, 11) is -0.307. The van der Waals surface area contributed by atoms with Crippen molar-refractivity contribution in [2.24, 2.45) is 23.0 Å². The van der Waals surface area contributed by atoms with E-state index in [1.807, 2.05) is 18.2 Å². The standard InChI is InChI=1S/C22H33BN2O3/c1-14(24)20(26)25-13-17(10-15-8-6-5-7-9-15)23-27-19-12-16-11-18(21(16,2)3)22(19,4)28-23/h5-9,14,16-19H,10-13,24H2,1-4H3,(H,25,26)/t14-,16?,17-,18?,19?,22-/m0/s1. The molecule has 1 aliphatic heterocycles. The maximum atomic E-state index is 12.1. The third kappa shape index (κ3) is 3.29. The van der Waals surface area contributed by atoms with Gasteiger partial charge in [-0.3, -0.25) is 4.79 Å². The molecule has 3 aliphatic carbocycles. The fourth-order valence-corrected chi connectivity index (χ4v) is 5.68. The number of benzene rings is 1. The van der Waals surface area contributed by atoms with Crippen LogP contribution in [0.3, 0.4) is 0 Å². The summed E-state index contributed by atoms with van der Waals surface area (Å²) in [5, 5.41) is 2.99. The first-order valence-corrected chi connectivity index (χ1v) is 10.6. The molecule has 6 heteroatoms. The molecule has 152 valence electrons. The van der Waals surface area contributed by atoms with Crippen molar-refractivity contribution >= 4 is 13.0 Å². The predicted molar refractivity (Wildman–Crippen MR) is 111 cm³/mol. The third-order valence-corrected chi connectivity index (χ3v) is 7.65. The molecule has 1 aromatic rings. The molecule has 1 aromatic carbocycles. The first-order chi connectivity index (χ1) is 13.2. The van der Waals surface area contributed by atoms with Crippen molar-refractivity contribution in [3.05, 3.63) is 35.9 Å². The lowest BCUT2D eigenvalue weighted by Gasteiger charge is -2.64. The van der Waals surface area contributed by atoms with Crippen LogP contribution in [0.1, 0.15) is 46.1 Å². The van der Waals surface area contributed by atoms with Crippen LogP contribution in [0.4, 0.5) is 0 Å². The highest BCUT2D eigenvalue weighted by molar-refractivity contribution is 6.47. The molecule has 1 amide bonds. The Kier molecular flexibility index (Phi) is 5.09. The molecule has 3 unspecified atom stereocenters. The molecule has 1 saturated heterocycles. The summed E-state index contributed by atoms with van der Waals surface area (Å²) in [4.78, 5) is 12.1. The van der Waals surface area contributed by atoms with Crippen LogP contribution in [0.15, 0.2) is 30.3 Å². The van der Waals surface area contributed by atoms with E-state index >= 15 is 0 Å². The Bertz CT molecular complexity index is 726. The second-order valence-corrected chi connectivity index (χ2v) is 9.82. The number of nitrogens with two attached hydrogens (primary N) is 1. The molecule has 0 spiro atoms. The maximum Gasteiger partial charge on any atom is 0.463 e. The molecule has 3 saturated carbocycles. The highest BCUT2D eigenvalue weighted by Crippen LogP contribution is 2.66. The van der Waals surface area contributed by atoms with Crippen LogP contribution in [-0.2, 0) is 20.5 Å². The molecule has 2 bridgehead atoms. The van der Waals surface area contributed by atoms with Gasteiger partial charge in [-0.15, -0.1) is 0 Å². The Hall–Kier alpha value is -1.37. The quantitative estimate of drug-likeness (QED) is 0.740. The molecule has 0 radical (unpaired) electrons. The number of nitrogens with one attached hydrogen (secondary N) is 1. The summed E-state index contributed by atoms with van der Waals surface area (Å²) < 4.78 is 13.1. The minimum absolute atomic E-state index is 0.0489. The third-order valence-electron chi connectivity index (χ3n) is 7.65. The number of hydrogen-bond donors (Lipinski definition) is 2. The van der Waals surface area contributed by atoms with Crippen LogP contribution >= 0.6 is 0 Å². The molecule has 28 heavy (non-hydrogen) atoms. The molecule has 1 heterocycles. The Morgan fingerprint density at radius 1 is 1.29 bits per heavy atom. The molecular weight excluding hydrogens is 351 g/mol. The van der Waals surface area contributed by atoms with E-state index in [1.165, 1.54) is 12.0 Å². The van der Waals surface area contributed by atoms with Crippen LogP contribution in [0.5, 0.6) is 0 Å². The smallest absolute Gasteiger partial charge is 0.405 e. The highest BCUT2D eigenvalue weighted by atomic mass is 16.7. The van der Waals surface area contributed by atoms with Crippen LogP contribution in [0.2, 0.25) is 5.82 Å². The van der Waals surface area contributed by atoms with Gasteiger partial charge in [0.2, 0.25) is 5.91 Å². The van der Waals surface area contributed by atoms with E-state index in [0.717, 1.165) is 18.8 Å². The topological polar surface area (TPSA) is 73.6 Å². The van der Waals surface area contributed by atoms with Gasteiger partial charge in [0.25, 0.3) is 0 Å². The van der Waals surface area contributed by atoms with Crippen molar-refractivity contribution in [2.75, 3.05) is 6.54 Å². The molecule has 3 N–H and O–H groups in total. The first kappa shape index (κ1) is 19.9. The molecule has 0 aromatic heterocycles. The summed E-state index contributed by atoms with van der Waals surface area (Å²) in [5.74, 6) is 1.17. The van der Waals surface area contributed by atoms with Crippen LogP contribution in [0, 0.1) is 17.3 Å². The number of carbonyl (C=O) groups excluding carboxylic acids is 1. The van der Waals surface area contributed by atoms with Gasteiger partial charge in [0, 0.05) is 12.4 Å². The van der Waals surface area contributed by atoms with Gasteiger partial charge in [-0.2, -0.15) is 0 Å². The molecule has 4 aliphatic rings. The van der Waals surface area contributed by atoms with Gasteiger partial charge >= 0.3 is 7.12 Å². The first-order valence-electron chi connectivity index (χ1n) is 10.6. The van der Waals surface area contributed by atoms with Crippen molar-refractivity contribution in [2.45, 2.75) is 70.5 Å². The highest BCUT2D eigenvalue weighted by Gasteiger charge is 2.68. The van der Waals surface area contributed by atoms with Crippen LogP contribution in [-0.4, -0.2) is 37.3 Å². The lowest BCUT2D eigenvalue weighted by Crippen LogP contribution is -2.65. The molecule has 4 fully saturated rings. The van der Waals surface area contributed by atoms with E-state index in [2.05, 4.69) is 38.2 Å². The van der Waals surface area contributed by atoms with Gasteiger partial charge in [0.05, 0.1) is 17.7 Å². The SMILES string of the molecule is C[C@H](N)C(=O)NC[C@H](Cc1ccccc1)B1OC2CC3CC(C3(C)C)[C@]2(C)O1. The lowest BCUT2D eigenvalue weighted by atomic mass is 9.43. The van der Waals surface area contributed by atoms with Crippen LogP contribution < -0.4 is 11.1 Å². The molecule has 5 nitrogen and oxygen atoms in total. The van der Waals surface area contributed by atoms with Gasteiger partial charge < -0.3 is 20.4 Å². The summed E-state index contributed by atoms with van der Waals surface area (Å²) in [5.41, 5.74) is 7.03. The Labute approximate surface area is 168 Å². The number of hydrogen-bond acceptors (Lipinski definition) is 4. The monoisotopic (exact) mass is 384 g/mol. The van der Waals surface area contributed by atoms with Gasteiger partial charge in [-0.1, -0.05) is 44.2 Å². The van der Waals surface area contributed by atoms with Crippen molar-refractivity contribution in [3.63, 3.8) is 0 Å². The van der Waals surface area contributed by atoms with Gasteiger partial charge in [-0.25, -0.2) is 0 Å². The van der Waals surface area contributed by atoms with E-state index in [-0.39, 0.29) is 30.5 Å². The zero-order valence-electron chi connectivity index (χ0n) is 17.5. The van der Waals surface area contributed by atoms with Crippen molar-refractivity contribution in [3.8, 4) is 0 Å². The van der Waals surface area contributed by atoms with E-state index < -0.39 is 6.04 Å². The number of rotatable bonds is 6. The fourth-order valence-electron chi connectivity index (χ4n) is 5.68. The summed E-state index contributed by atoms with van der Waals surface area (Å²) in [6.07, 6.45) is 3.25. The Balaban J connectivity index is 1.51. The number of amides is 1. The van der Waals surface area contributed by atoms with Gasteiger partial charge in [0.1, 0.15) is 0 Å². The largest absolute Gasteiger partial charge is 0.463 e. The average molecular weight is 384 g/mol. The maximum absolute atomic E-state index is 12.1. The normalized spacial score (nSPS) is 34.9. The van der Waals surface area contributed by atoms with E-state index in [9.17, 15) is 4.79 Å². The lowest BCUT2D eigenvalue weighted by molar-refractivity contribution is -0.199. The zero-order chi connectivity index (χ0) is 20.1. The minimum atomic E-state index is -0.518. The van der Waals surface area contributed by atoms with Crippen molar-refractivity contribution in [1.29, 1.82) is 0 Å². The van der Waals surface area contributed by atoms with E-state index in [4.69, 9.17) is 15.0 Å². The summed E-state index contributed by atoms with van der Waals surface area (Å²) in [6, 6.07) is 9.82. The minimum Gasteiger partial charge on any atom is -0.405 e. The van der Waals surface area contributed by atoms with E-state index in [0.29, 0.717) is 17.9 Å². The second kappa shape index (κ2) is 7.15. The van der Waals surface area contributed by atoms with Gasteiger partial charge in [0.15, 0.2) is 0 Å². The average Bonchev–Trinajstić information content (AvgIpc) is 3.02. The Morgan fingerprint density at radius 3 is 2.64 bits per heavy atom. The molecule has 5 rings (SSSR count). The van der Waals surface area contributed by atoms with Crippen molar-refractivity contribution < 1.29 is 14.1 Å². The molecular formula is C22H33BN2O3. The van der Waals surface area contributed by atoms with Gasteiger partial charge in [-0.05, 0) is 55.9 Å². The second-order valence-electron chi connectivity index (χ2n) is 9.82. The fraction of sp³-hybridized carbons (Fsp3) is 0.682. The van der Waals surface area contributed by atoms with E-state index in [1.54, 1.807) is 6.92 Å². The Morgan fingerprint density at radius 2 is 2.00 bits per heavy atom. The summed E-state index contributed by atoms with van der Waals surface area (Å²) in [6.45, 7) is 9.18. The predicted octanol–water partition coefficient (Wildman–Crippen LogP) is 2.79. The summed E-state index contributed by atoms with van der Waals surface area (Å²) >= 11 is 0.